The van der Waals surface area contributed by atoms with E-state index in [1.54, 1.807) is 12.1 Å². The summed E-state index contributed by atoms with van der Waals surface area (Å²) in [6, 6.07) is 6.11. The number of rotatable bonds is 2. The topological polar surface area (TPSA) is 81.0 Å². The Morgan fingerprint density at radius 2 is 2.00 bits per heavy atom. The van der Waals surface area contributed by atoms with Crippen LogP contribution in [0, 0.1) is 0 Å². The number of H-pyrrole nitrogens is 2. The van der Waals surface area contributed by atoms with E-state index in [9.17, 15) is 9.59 Å². The van der Waals surface area contributed by atoms with Crippen molar-refractivity contribution in [3.8, 4) is 0 Å². The van der Waals surface area contributed by atoms with Crippen molar-refractivity contribution in [2.45, 2.75) is 25.4 Å². The molecule has 2 atom stereocenters. The molecule has 2 aromatic rings. The van der Waals surface area contributed by atoms with Gasteiger partial charge in [0.15, 0.2) is 0 Å². The number of benzene rings is 1. The number of aromatic nitrogens is 2. The van der Waals surface area contributed by atoms with Gasteiger partial charge in [0, 0.05) is 24.3 Å². The van der Waals surface area contributed by atoms with E-state index in [4.69, 9.17) is 0 Å². The first-order valence-corrected chi connectivity index (χ1v) is 6.76. The average molecular weight is 274 g/mol. The molecule has 1 aromatic carbocycles. The van der Waals surface area contributed by atoms with Crippen molar-refractivity contribution in [3.63, 3.8) is 0 Å². The number of likely N-dealkylation sites (tertiary alicyclic amines) is 1. The highest BCUT2D eigenvalue weighted by molar-refractivity contribution is 5.92. The Hall–Kier alpha value is -2.08. The van der Waals surface area contributed by atoms with Crippen LogP contribution in [0.5, 0.6) is 0 Å². The quantitative estimate of drug-likeness (QED) is 0.754. The summed E-state index contributed by atoms with van der Waals surface area (Å²) in [5.74, 6) is 0. The number of hydrogen-bond acceptors (Lipinski definition) is 4. The Kier molecular flexibility index (Phi) is 3.10. The fraction of sp³-hybridized carbons (Fsp3) is 0.429. The smallest absolute Gasteiger partial charge is 0.272 e. The van der Waals surface area contributed by atoms with E-state index >= 15 is 0 Å². The molecule has 2 unspecified atom stereocenters. The monoisotopic (exact) mass is 274 g/mol. The lowest BCUT2D eigenvalue weighted by Crippen LogP contribution is -2.26. The van der Waals surface area contributed by atoms with Crippen LogP contribution in [0.25, 0.3) is 10.8 Å². The molecule has 1 saturated heterocycles. The zero-order chi connectivity index (χ0) is 14.3. The molecule has 0 saturated carbocycles. The second-order valence-corrected chi connectivity index (χ2v) is 5.50. The minimum atomic E-state index is -0.278. The van der Waals surface area contributed by atoms with Gasteiger partial charge >= 0.3 is 0 Å². The highest BCUT2D eigenvalue weighted by atomic mass is 16.1. The van der Waals surface area contributed by atoms with Crippen LogP contribution in [-0.4, -0.2) is 40.8 Å². The van der Waals surface area contributed by atoms with Crippen molar-refractivity contribution in [2.24, 2.45) is 0 Å². The molecule has 6 nitrogen and oxygen atoms in total. The van der Waals surface area contributed by atoms with Crippen molar-refractivity contribution < 1.29 is 0 Å². The van der Waals surface area contributed by atoms with Crippen molar-refractivity contribution in [3.05, 3.63) is 38.9 Å². The second-order valence-electron chi connectivity index (χ2n) is 5.50. The molecular weight excluding hydrogens is 256 g/mol. The SMILES string of the molecule is CC1CC(Nc2cccc3c(=O)[nH][nH]c(=O)c23)CN1C. The number of nitrogens with one attached hydrogen (secondary N) is 3. The summed E-state index contributed by atoms with van der Waals surface area (Å²) in [5, 5.41) is 8.97. The minimum absolute atomic E-state index is 0.276. The van der Waals surface area contributed by atoms with Crippen LogP contribution in [0.1, 0.15) is 13.3 Å². The fourth-order valence-corrected chi connectivity index (χ4v) is 2.87. The number of hydrogen-bond donors (Lipinski definition) is 3. The third-order valence-corrected chi connectivity index (χ3v) is 4.07. The Bertz CT molecular complexity index is 739. The van der Waals surface area contributed by atoms with Crippen LogP contribution in [0.2, 0.25) is 0 Å². The Labute approximate surface area is 115 Å². The Balaban J connectivity index is 2.03. The van der Waals surface area contributed by atoms with Crippen molar-refractivity contribution in [1.82, 2.24) is 15.1 Å². The van der Waals surface area contributed by atoms with Gasteiger partial charge in [0.05, 0.1) is 10.8 Å². The van der Waals surface area contributed by atoms with Crippen molar-refractivity contribution >= 4 is 16.5 Å². The molecule has 6 heteroatoms. The van der Waals surface area contributed by atoms with Gasteiger partial charge in [-0.3, -0.25) is 19.8 Å². The number of aromatic amines is 2. The highest BCUT2D eigenvalue weighted by Crippen LogP contribution is 2.22. The van der Waals surface area contributed by atoms with Crippen LogP contribution >= 0.6 is 0 Å². The van der Waals surface area contributed by atoms with Gasteiger partial charge in [0.25, 0.3) is 11.1 Å². The third kappa shape index (κ3) is 2.12. The standard InChI is InChI=1S/C14H18N4O2/c1-8-6-9(7-18(8)2)15-11-5-3-4-10-12(11)14(20)17-16-13(10)19/h3-5,8-9,15H,6-7H2,1-2H3,(H,16,19)(H,17,20). The number of anilines is 1. The number of fused-ring (bicyclic) bond motifs is 1. The molecule has 0 aliphatic carbocycles. The van der Waals surface area contributed by atoms with Gasteiger partial charge in [-0.05, 0) is 32.5 Å². The predicted octanol–water partition coefficient (Wildman–Crippen LogP) is 0.721. The normalized spacial score (nSPS) is 23.3. The maximum atomic E-state index is 12.0. The number of likely N-dealkylation sites (N-methyl/N-ethyl adjacent to an activating group) is 1. The first-order valence-electron chi connectivity index (χ1n) is 6.76. The van der Waals surface area contributed by atoms with Crippen LogP contribution in [-0.2, 0) is 0 Å². The molecule has 106 valence electrons. The van der Waals surface area contributed by atoms with Gasteiger partial charge in [-0.2, -0.15) is 0 Å². The molecule has 3 N–H and O–H groups in total. The van der Waals surface area contributed by atoms with E-state index in [0.29, 0.717) is 22.9 Å². The molecule has 0 radical (unpaired) electrons. The second kappa shape index (κ2) is 4.79. The molecule has 1 aliphatic heterocycles. The average Bonchev–Trinajstić information content (AvgIpc) is 2.73. The molecule has 1 fully saturated rings. The summed E-state index contributed by atoms with van der Waals surface area (Å²) in [6.07, 6.45) is 1.02. The maximum Gasteiger partial charge on any atom is 0.272 e. The summed E-state index contributed by atoms with van der Waals surface area (Å²) in [6.45, 7) is 3.11. The molecule has 0 amide bonds. The summed E-state index contributed by atoms with van der Waals surface area (Å²) >= 11 is 0. The van der Waals surface area contributed by atoms with E-state index in [-0.39, 0.29) is 11.1 Å². The van der Waals surface area contributed by atoms with Gasteiger partial charge in [0.1, 0.15) is 0 Å². The largest absolute Gasteiger partial charge is 0.380 e. The summed E-state index contributed by atoms with van der Waals surface area (Å²) in [5.41, 5.74) is 0.171. The Morgan fingerprint density at radius 1 is 1.25 bits per heavy atom. The Morgan fingerprint density at radius 3 is 2.70 bits per heavy atom. The zero-order valence-corrected chi connectivity index (χ0v) is 11.6. The molecule has 0 bridgehead atoms. The lowest BCUT2D eigenvalue weighted by molar-refractivity contribution is 0.330. The highest BCUT2D eigenvalue weighted by Gasteiger charge is 2.26. The summed E-state index contributed by atoms with van der Waals surface area (Å²) < 4.78 is 0. The van der Waals surface area contributed by atoms with E-state index < -0.39 is 0 Å². The summed E-state index contributed by atoms with van der Waals surface area (Å²) in [4.78, 5) is 26.0. The lowest BCUT2D eigenvalue weighted by Gasteiger charge is -2.15. The molecule has 20 heavy (non-hydrogen) atoms. The van der Waals surface area contributed by atoms with Crippen molar-refractivity contribution in [1.29, 1.82) is 0 Å². The molecule has 3 rings (SSSR count). The molecule has 1 aliphatic rings. The van der Waals surface area contributed by atoms with Gasteiger partial charge in [0.2, 0.25) is 0 Å². The summed E-state index contributed by atoms with van der Waals surface area (Å²) in [7, 11) is 2.09. The third-order valence-electron chi connectivity index (χ3n) is 4.07. The zero-order valence-electron chi connectivity index (χ0n) is 11.6. The predicted molar refractivity (Wildman–Crippen MR) is 79.3 cm³/mol. The minimum Gasteiger partial charge on any atom is -0.380 e. The molecule has 0 spiro atoms. The van der Waals surface area contributed by atoms with E-state index in [2.05, 4.69) is 34.4 Å². The lowest BCUT2D eigenvalue weighted by atomic mass is 10.1. The fourth-order valence-electron chi connectivity index (χ4n) is 2.87. The van der Waals surface area contributed by atoms with Crippen LogP contribution in [0.3, 0.4) is 0 Å². The van der Waals surface area contributed by atoms with E-state index in [1.807, 2.05) is 6.07 Å². The van der Waals surface area contributed by atoms with Crippen LogP contribution < -0.4 is 16.4 Å². The van der Waals surface area contributed by atoms with Crippen LogP contribution in [0.4, 0.5) is 5.69 Å². The first kappa shape index (κ1) is 12.9. The van der Waals surface area contributed by atoms with Gasteiger partial charge in [-0.25, -0.2) is 0 Å². The number of nitrogens with zero attached hydrogens (tertiary/aromatic N) is 1. The van der Waals surface area contributed by atoms with Crippen molar-refractivity contribution in [2.75, 3.05) is 18.9 Å². The first-order chi connectivity index (χ1) is 9.56. The van der Waals surface area contributed by atoms with Gasteiger partial charge in [-0.15, -0.1) is 0 Å². The van der Waals surface area contributed by atoms with Gasteiger partial charge < -0.3 is 10.2 Å². The van der Waals surface area contributed by atoms with E-state index in [1.165, 1.54) is 0 Å². The van der Waals surface area contributed by atoms with Gasteiger partial charge in [-0.1, -0.05) is 6.07 Å². The maximum absolute atomic E-state index is 12.0. The van der Waals surface area contributed by atoms with E-state index in [0.717, 1.165) is 18.7 Å². The molecule has 2 heterocycles. The van der Waals surface area contributed by atoms with Crippen LogP contribution in [0.15, 0.2) is 27.8 Å². The molecular formula is C14H18N4O2. The molecule has 1 aromatic heterocycles.